The molecule has 20 heavy (non-hydrogen) atoms. The third-order valence-corrected chi connectivity index (χ3v) is 5.23. The van der Waals surface area contributed by atoms with Crippen LogP contribution in [0.4, 0.5) is 0 Å². The van der Waals surface area contributed by atoms with Crippen molar-refractivity contribution in [3.8, 4) is 0 Å². The van der Waals surface area contributed by atoms with E-state index in [2.05, 4.69) is 5.10 Å². The maximum absolute atomic E-state index is 11.8. The fraction of sp³-hybridized carbons (Fsp3) is 0.786. The lowest BCUT2D eigenvalue weighted by molar-refractivity contribution is 0.304. The van der Waals surface area contributed by atoms with E-state index in [9.17, 15) is 8.42 Å². The average molecular weight is 299 g/mol. The van der Waals surface area contributed by atoms with Crippen LogP contribution in [0, 0.1) is 5.92 Å². The SMILES string of the molecule is CCc1nn(CC2CCCCC2)c(CC)c1S(N)(=O)=O. The van der Waals surface area contributed by atoms with Crippen LogP contribution in [0.2, 0.25) is 0 Å². The Morgan fingerprint density at radius 3 is 2.35 bits per heavy atom. The fourth-order valence-corrected chi connectivity index (χ4v) is 4.30. The van der Waals surface area contributed by atoms with E-state index in [1.807, 2.05) is 18.5 Å². The molecule has 1 aromatic rings. The second kappa shape index (κ2) is 6.26. The third-order valence-electron chi connectivity index (χ3n) is 4.19. The van der Waals surface area contributed by atoms with Gasteiger partial charge in [-0.2, -0.15) is 5.10 Å². The molecule has 114 valence electrons. The van der Waals surface area contributed by atoms with Gasteiger partial charge < -0.3 is 0 Å². The van der Waals surface area contributed by atoms with Crippen LogP contribution in [-0.4, -0.2) is 18.2 Å². The fourth-order valence-electron chi connectivity index (χ4n) is 3.20. The van der Waals surface area contributed by atoms with Crippen molar-refractivity contribution in [2.45, 2.75) is 70.2 Å². The summed E-state index contributed by atoms with van der Waals surface area (Å²) in [5, 5.41) is 9.89. The smallest absolute Gasteiger partial charge is 0.241 e. The molecule has 0 amide bonds. The summed E-state index contributed by atoms with van der Waals surface area (Å²) < 4.78 is 25.5. The minimum Gasteiger partial charge on any atom is -0.268 e. The van der Waals surface area contributed by atoms with Gasteiger partial charge in [-0.3, -0.25) is 4.68 Å². The molecule has 0 radical (unpaired) electrons. The van der Waals surface area contributed by atoms with Crippen LogP contribution in [-0.2, 0) is 29.4 Å². The minimum absolute atomic E-state index is 0.262. The molecular formula is C14H25N3O2S. The highest BCUT2D eigenvalue weighted by atomic mass is 32.2. The molecule has 1 aliphatic rings. The molecule has 2 rings (SSSR count). The summed E-state index contributed by atoms with van der Waals surface area (Å²) in [4.78, 5) is 0.262. The highest BCUT2D eigenvalue weighted by Gasteiger charge is 2.25. The number of aromatic nitrogens is 2. The van der Waals surface area contributed by atoms with Crippen molar-refractivity contribution in [1.29, 1.82) is 0 Å². The van der Waals surface area contributed by atoms with E-state index in [-0.39, 0.29) is 4.90 Å². The van der Waals surface area contributed by atoms with Crippen LogP contribution < -0.4 is 5.14 Å². The number of hydrogen-bond donors (Lipinski definition) is 1. The molecular weight excluding hydrogens is 274 g/mol. The first-order chi connectivity index (χ1) is 9.47. The van der Waals surface area contributed by atoms with Crippen molar-refractivity contribution in [2.24, 2.45) is 11.1 Å². The number of aryl methyl sites for hydroxylation is 1. The number of nitrogens with two attached hydrogens (primary N) is 1. The van der Waals surface area contributed by atoms with Gasteiger partial charge in [-0.15, -0.1) is 0 Å². The standard InChI is InChI=1S/C14H25N3O2S/c1-3-12-14(20(15,18)19)13(4-2)17(16-12)10-11-8-6-5-7-9-11/h11H,3-10H2,1-2H3,(H2,15,18,19). The zero-order valence-corrected chi connectivity index (χ0v) is 13.2. The molecule has 5 nitrogen and oxygen atoms in total. The Bertz CT molecular complexity index is 557. The van der Waals surface area contributed by atoms with Gasteiger partial charge in [0.1, 0.15) is 4.90 Å². The van der Waals surface area contributed by atoms with Crippen LogP contribution >= 0.6 is 0 Å². The molecule has 1 saturated carbocycles. The van der Waals surface area contributed by atoms with Gasteiger partial charge in [0.05, 0.1) is 11.4 Å². The minimum atomic E-state index is -3.69. The van der Waals surface area contributed by atoms with Crippen LogP contribution in [0.15, 0.2) is 4.90 Å². The molecule has 1 aliphatic carbocycles. The lowest BCUT2D eigenvalue weighted by Gasteiger charge is -2.22. The Hall–Kier alpha value is -0.880. The van der Waals surface area contributed by atoms with Crippen molar-refractivity contribution in [3.05, 3.63) is 11.4 Å². The Balaban J connectivity index is 2.35. The molecule has 0 atom stereocenters. The van der Waals surface area contributed by atoms with Crippen LogP contribution in [0.5, 0.6) is 0 Å². The number of hydrogen-bond acceptors (Lipinski definition) is 3. The highest BCUT2D eigenvalue weighted by molar-refractivity contribution is 7.89. The van der Waals surface area contributed by atoms with Gasteiger partial charge in [0.15, 0.2) is 0 Å². The summed E-state index contributed by atoms with van der Waals surface area (Å²) >= 11 is 0. The van der Waals surface area contributed by atoms with Gasteiger partial charge in [-0.05, 0) is 31.6 Å². The number of primary sulfonamides is 1. The monoisotopic (exact) mass is 299 g/mol. The molecule has 1 heterocycles. The van der Waals surface area contributed by atoms with E-state index in [4.69, 9.17) is 5.14 Å². The molecule has 0 aliphatic heterocycles. The lowest BCUT2D eigenvalue weighted by Crippen LogP contribution is -2.18. The Morgan fingerprint density at radius 2 is 1.85 bits per heavy atom. The number of nitrogens with zero attached hydrogens (tertiary/aromatic N) is 2. The number of rotatable bonds is 5. The third kappa shape index (κ3) is 3.23. The zero-order valence-electron chi connectivity index (χ0n) is 12.4. The molecule has 0 unspecified atom stereocenters. The van der Waals surface area contributed by atoms with Crippen molar-refractivity contribution < 1.29 is 8.42 Å². The van der Waals surface area contributed by atoms with Gasteiger partial charge in [0.2, 0.25) is 10.0 Å². The molecule has 1 aromatic heterocycles. The van der Waals surface area contributed by atoms with Crippen LogP contribution in [0.1, 0.15) is 57.3 Å². The van der Waals surface area contributed by atoms with Gasteiger partial charge in [0, 0.05) is 6.54 Å². The Kier molecular flexibility index (Phi) is 4.86. The second-order valence-electron chi connectivity index (χ2n) is 5.66. The second-order valence-corrected chi connectivity index (χ2v) is 7.16. The molecule has 0 aromatic carbocycles. The summed E-state index contributed by atoms with van der Waals surface area (Å²) in [6, 6.07) is 0. The maximum Gasteiger partial charge on any atom is 0.241 e. The van der Waals surface area contributed by atoms with Crippen molar-refractivity contribution in [2.75, 3.05) is 0 Å². The molecule has 0 bridgehead atoms. The topological polar surface area (TPSA) is 78.0 Å². The van der Waals surface area contributed by atoms with Crippen molar-refractivity contribution in [3.63, 3.8) is 0 Å². The van der Waals surface area contributed by atoms with E-state index in [0.29, 0.717) is 24.5 Å². The van der Waals surface area contributed by atoms with E-state index >= 15 is 0 Å². The van der Waals surface area contributed by atoms with Crippen LogP contribution in [0.3, 0.4) is 0 Å². The first kappa shape index (κ1) is 15.5. The average Bonchev–Trinajstić information content (AvgIpc) is 2.77. The van der Waals surface area contributed by atoms with E-state index < -0.39 is 10.0 Å². The van der Waals surface area contributed by atoms with Gasteiger partial charge in [-0.1, -0.05) is 33.1 Å². The molecule has 2 N–H and O–H groups in total. The van der Waals surface area contributed by atoms with Crippen LogP contribution in [0.25, 0.3) is 0 Å². The first-order valence-corrected chi connectivity index (χ1v) is 9.13. The van der Waals surface area contributed by atoms with Crippen molar-refractivity contribution in [1.82, 2.24) is 9.78 Å². The van der Waals surface area contributed by atoms with Gasteiger partial charge in [-0.25, -0.2) is 13.6 Å². The quantitative estimate of drug-likeness (QED) is 0.905. The van der Waals surface area contributed by atoms with E-state index in [1.165, 1.54) is 32.1 Å². The summed E-state index contributed by atoms with van der Waals surface area (Å²) in [7, 11) is -3.69. The normalized spacial score (nSPS) is 17.6. The van der Waals surface area contributed by atoms with Gasteiger partial charge in [0.25, 0.3) is 0 Å². The van der Waals surface area contributed by atoms with Gasteiger partial charge >= 0.3 is 0 Å². The summed E-state index contributed by atoms with van der Waals surface area (Å²) in [5.74, 6) is 0.618. The summed E-state index contributed by atoms with van der Waals surface area (Å²) in [5.41, 5.74) is 1.38. The largest absolute Gasteiger partial charge is 0.268 e. The predicted molar refractivity (Wildman–Crippen MR) is 78.9 cm³/mol. The predicted octanol–water partition coefficient (Wildman–Crippen LogP) is 2.24. The summed E-state index contributed by atoms with van der Waals surface area (Å²) in [6.45, 7) is 4.70. The maximum atomic E-state index is 11.8. The molecule has 6 heteroatoms. The van der Waals surface area contributed by atoms with Crippen molar-refractivity contribution >= 4 is 10.0 Å². The lowest BCUT2D eigenvalue weighted by atomic mass is 9.89. The summed E-state index contributed by atoms with van der Waals surface area (Å²) in [6.07, 6.45) is 7.54. The Labute approximate surface area is 121 Å². The molecule has 1 fully saturated rings. The zero-order chi connectivity index (χ0) is 14.8. The highest BCUT2D eigenvalue weighted by Crippen LogP contribution is 2.27. The van der Waals surface area contributed by atoms with E-state index in [1.54, 1.807) is 0 Å². The Morgan fingerprint density at radius 1 is 1.20 bits per heavy atom. The number of sulfonamides is 1. The first-order valence-electron chi connectivity index (χ1n) is 7.58. The van der Waals surface area contributed by atoms with E-state index in [0.717, 1.165) is 12.2 Å². The molecule has 0 saturated heterocycles. The molecule has 0 spiro atoms.